The van der Waals surface area contributed by atoms with Crippen LogP contribution in [0.15, 0.2) is 47.4 Å². The lowest BCUT2D eigenvalue weighted by Crippen LogP contribution is -2.36. The van der Waals surface area contributed by atoms with E-state index >= 15 is 0 Å². The van der Waals surface area contributed by atoms with Crippen LogP contribution in [0.4, 0.5) is 0 Å². The van der Waals surface area contributed by atoms with Crippen molar-refractivity contribution in [2.75, 3.05) is 26.3 Å². The summed E-state index contributed by atoms with van der Waals surface area (Å²) in [5.41, 5.74) is 2.39. The molecule has 1 aromatic heterocycles. The monoisotopic (exact) mass is 466 g/mol. The topological polar surface area (TPSA) is 72.8 Å². The molecule has 1 fully saturated rings. The quantitative estimate of drug-likeness (QED) is 0.625. The molecule has 1 atom stereocenters. The van der Waals surface area contributed by atoms with Crippen molar-refractivity contribution in [3.8, 4) is 5.75 Å². The highest BCUT2D eigenvalue weighted by atomic mass is 35.5. The van der Waals surface area contributed by atoms with Crippen molar-refractivity contribution in [1.29, 1.82) is 0 Å². The van der Waals surface area contributed by atoms with Gasteiger partial charge in [-0.3, -0.25) is 14.5 Å². The number of carbonyl (C=O) groups excluding carboxylic acids is 1. The molecular formula is C25H25ClN3O4. The van der Waals surface area contributed by atoms with Crippen LogP contribution in [0.3, 0.4) is 0 Å². The van der Waals surface area contributed by atoms with Gasteiger partial charge in [0.1, 0.15) is 17.4 Å². The molecule has 1 amide bonds. The van der Waals surface area contributed by atoms with Crippen LogP contribution in [0.25, 0.3) is 10.9 Å². The summed E-state index contributed by atoms with van der Waals surface area (Å²) in [5.74, 6) is 0.222. The Morgan fingerprint density at radius 1 is 1.15 bits per heavy atom. The van der Waals surface area contributed by atoms with E-state index in [1.165, 1.54) is 0 Å². The second-order valence-corrected chi connectivity index (χ2v) is 8.89. The molecule has 1 N–H and O–H groups in total. The van der Waals surface area contributed by atoms with E-state index in [-0.39, 0.29) is 17.1 Å². The van der Waals surface area contributed by atoms with Gasteiger partial charge in [-0.05, 0) is 42.3 Å². The van der Waals surface area contributed by atoms with Crippen LogP contribution < -0.4 is 15.5 Å². The Bertz CT molecular complexity index is 1250. The number of amides is 1. The molecule has 0 spiro atoms. The number of carbonyl (C=O) groups is 1. The highest BCUT2D eigenvalue weighted by Gasteiger charge is 2.24. The van der Waals surface area contributed by atoms with Crippen molar-refractivity contribution >= 4 is 28.4 Å². The number of rotatable bonds is 5. The Hall–Kier alpha value is -2.87. The lowest BCUT2D eigenvalue weighted by molar-refractivity contribution is 0.0341. The second-order valence-electron chi connectivity index (χ2n) is 8.45. The van der Waals surface area contributed by atoms with Gasteiger partial charge >= 0.3 is 0 Å². The molecule has 3 heterocycles. The van der Waals surface area contributed by atoms with E-state index in [1.807, 2.05) is 28.8 Å². The van der Waals surface area contributed by atoms with Crippen LogP contribution in [0, 0.1) is 6.92 Å². The van der Waals surface area contributed by atoms with Crippen molar-refractivity contribution in [3.05, 3.63) is 81.5 Å². The molecule has 171 valence electrons. The van der Waals surface area contributed by atoms with Gasteiger partial charge in [0.25, 0.3) is 5.91 Å². The van der Waals surface area contributed by atoms with Gasteiger partial charge < -0.3 is 19.4 Å². The number of benzene rings is 2. The van der Waals surface area contributed by atoms with E-state index < -0.39 is 5.91 Å². The summed E-state index contributed by atoms with van der Waals surface area (Å²) < 4.78 is 13.3. The first-order chi connectivity index (χ1) is 16.0. The normalized spacial score (nSPS) is 18.2. The molecular weight excluding hydrogens is 442 g/mol. The van der Waals surface area contributed by atoms with Crippen molar-refractivity contribution in [2.45, 2.75) is 25.7 Å². The van der Waals surface area contributed by atoms with Gasteiger partial charge in [0.2, 0.25) is 5.43 Å². The van der Waals surface area contributed by atoms with Gasteiger partial charge in [-0.1, -0.05) is 23.7 Å². The summed E-state index contributed by atoms with van der Waals surface area (Å²) in [7, 11) is 0. The Kier molecular flexibility index (Phi) is 6.10. The van der Waals surface area contributed by atoms with Gasteiger partial charge in [-0.15, -0.1) is 0 Å². The lowest BCUT2D eigenvalue weighted by Gasteiger charge is -2.29. The lowest BCUT2D eigenvalue weighted by atomic mass is 10.0. The number of pyridine rings is 1. The largest absolute Gasteiger partial charge is 0.486 e. The Labute approximate surface area is 196 Å². The zero-order chi connectivity index (χ0) is 22.9. The molecule has 7 nitrogen and oxygen atoms in total. The van der Waals surface area contributed by atoms with E-state index in [4.69, 9.17) is 21.1 Å². The maximum Gasteiger partial charge on any atom is 0.257 e. The van der Waals surface area contributed by atoms with Crippen LogP contribution in [-0.2, 0) is 24.4 Å². The van der Waals surface area contributed by atoms with Gasteiger partial charge in [0, 0.05) is 37.4 Å². The Morgan fingerprint density at radius 2 is 1.91 bits per heavy atom. The van der Waals surface area contributed by atoms with Crippen molar-refractivity contribution < 1.29 is 14.3 Å². The maximum absolute atomic E-state index is 13.4. The SMILES string of the molecule is [CH2]C1Cn2cc(C(=O)NCc3ccc(Cl)cc3)c(=O)c3cc(CN4CCOCC4)cc(c32)O1. The summed E-state index contributed by atoms with van der Waals surface area (Å²) in [4.78, 5) is 28.7. The number of hydrogen-bond acceptors (Lipinski definition) is 5. The van der Waals surface area contributed by atoms with Gasteiger partial charge in [0.05, 0.1) is 30.7 Å². The summed E-state index contributed by atoms with van der Waals surface area (Å²) in [6.07, 6.45) is 1.31. The van der Waals surface area contributed by atoms with E-state index in [1.54, 1.807) is 18.3 Å². The Balaban J connectivity index is 1.49. The first-order valence-corrected chi connectivity index (χ1v) is 11.4. The second kappa shape index (κ2) is 9.17. The minimum absolute atomic E-state index is 0.111. The number of nitrogens with one attached hydrogen (secondary N) is 1. The molecule has 2 aliphatic rings. The highest BCUT2D eigenvalue weighted by Crippen LogP contribution is 2.31. The number of aromatic nitrogens is 1. The van der Waals surface area contributed by atoms with Crippen LogP contribution in [-0.4, -0.2) is 47.8 Å². The average molecular weight is 467 g/mol. The third kappa shape index (κ3) is 4.62. The van der Waals surface area contributed by atoms with Crippen LogP contribution in [0.1, 0.15) is 21.5 Å². The molecule has 1 saturated heterocycles. The summed E-state index contributed by atoms with van der Waals surface area (Å²) in [5, 5.41) is 3.97. The molecule has 2 aliphatic heterocycles. The molecule has 0 bridgehead atoms. The predicted molar refractivity (Wildman–Crippen MR) is 127 cm³/mol. The van der Waals surface area contributed by atoms with Gasteiger partial charge in [-0.25, -0.2) is 0 Å². The van der Waals surface area contributed by atoms with Gasteiger partial charge in [0.15, 0.2) is 0 Å². The van der Waals surface area contributed by atoms with E-state index in [0.717, 1.165) is 24.2 Å². The molecule has 3 aromatic rings. The number of ether oxygens (including phenoxy) is 2. The van der Waals surface area contributed by atoms with Crippen molar-refractivity contribution in [3.63, 3.8) is 0 Å². The fourth-order valence-corrected chi connectivity index (χ4v) is 4.50. The molecule has 1 radical (unpaired) electrons. The summed E-state index contributed by atoms with van der Waals surface area (Å²) in [6, 6.07) is 11.1. The predicted octanol–water partition coefficient (Wildman–Crippen LogP) is 3.01. The zero-order valence-electron chi connectivity index (χ0n) is 18.2. The number of hydrogen-bond donors (Lipinski definition) is 1. The van der Waals surface area contributed by atoms with E-state index in [0.29, 0.717) is 54.5 Å². The number of morpholine rings is 1. The molecule has 0 saturated carbocycles. The van der Waals surface area contributed by atoms with Crippen LogP contribution >= 0.6 is 11.6 Å². The minimum atomic E-state index is -0.409. The van der Waals surface area contributed by atoms with Crippen LogP contribution in [0.5, 0.6) is 5.75 Å². The first-order valence-electron chi connectivity index (χ1n) is 11.0. The van der Waals surface area contributed by atoms with Gasteiger partial charge in [-0.2, -0.15) is 0 Å². The van der Waals surface area contributed by atoms with E-state index in [2.05, 4.69) is 17.1 Å². The summed E-state index contributed by atoms with van der Waals surface area (Å²) >= 11 is 5.93. The number of halogens is 1. The molecule has 33 heavy (non-hydrogen) atoms. The maximum atomic E-state index is 13.4. The minimum Gasteiger partial charge on any atom is -0.486 e. The Morgan fingerprint density at radius 3 is 2.67 bits per heavy atom. The first kappa shape index (κ1) is 21.9. The fraction of sp³-hybridized carbons (Fsp3) is 0.320. The van der Waals surface area contributed by atoms with Crippen LogP contribution in [0.2, 0.25) is 5.02 Å². The average Bonchev–Trinajstić information content (AvgIpc) is 2.81. The molecule has 1 unspecified atom stereocenters. The third-order valence-electron chi connectivity index (χ3n) is 6.01. The van der Waals surface area contributed by atoms with E-state index in [9.17, 15) is 9.59 Å². The standard InChI is InChI=1S/C25H25ClN3O4/c1-16-13-29-15-21(25(31)27-12-17-2-4-19(26)5-3-17)24(30)20-10-18(11-22(33-16)23(20)29)14-28-6-8-32-9-7-28/h2-5,10-11,15-16H,1,6-9,12-14H2,(H,27,31). The smallest absolute Gasteiger partial charge is 0.257 e. The van der Waals surface area contributed by atoms with Crippen molar-refractivity contribution in [1.82, 2.24) is 14.8 Å². The molecule has 5 rings (SSSR count). The summed E-state index contributed by atoms with van der Waals surface area (Å²) in [6.45, 7) is 8.57. The molecule has 8 heteroatoms. The third-order valence-corrected chi connectivity index (χ3v) is 6.26. The number of nitrogens with zero attached hydrogens (tertiary/aromatic N) is 2. The molecule has 0 aliphatic carbocycles. The van der Waals surface area contributed by atoms with Crippen molar-refractivity contribution in [2.24, 2.45) is 0 Å². The fourth-order valence-electron chi connectivity index (χ4n) is 4.38. The molecule has 2 aromatic carbocycles. The highest BCUT2D eigenvalue weighted by molar-refractivity contribution is 6.30. The zero-order valence-corrected chi connectivity index (χ0v) is 18.9.